The van der Waals surface area contributed by atoms with Crippen LogP contribution in [0.15, 0.2) is 6.07 Å². The molecule has 1 aromatic rings. The van der Waals surface area contributed by atoms with Crippen molar-refractivity contribution in [1.82, 2.24) is 14.8 Å². The Labute approximate surface area is 232 Å². The first-order chi connectivity index (χ1) is 18.8. The van der Waals surface area contributed by atoms with Crippen molar-refractivity contribution in [2.75, 3.05) is 68.8 Å². The first-order valence-electron chi connectivity index (χ1n) is 13.9. The lowest BCUT2D eigenvalue weighted by Crippen LogP contribution is -2.64. The first kappa shape index (κ1) is 28.7. The van der Waals surface area contributed by atoms with Crippen molar-refractivity contribution < 1.29 is 32.5 Å². The van der Waals surface area contributed by atoms with E-state index < -0.39 is 34.7 Å². The van der Waals surface area contributed by atoms with E-state index in [1.165, 1.54) is 0 Å². The SMILES string of the molecule is CC(C)(C)OC(=O)N1CCN(C2CN(c3cc(N4CCC5(CC4)OCCC5O)nc(C(F)(F)F)c3C#N)C2)CC1. The van der Waals surface area contributed by atoms with Gasteiger partial charge >= 0.3 is 12.3 Å². The van der Waals surface area contributed by atoms with Crippen molar-refractivity contribution in [3.05, 3.63) is 17.3 Å². The predicted octanol–water partition coefficient (Wildman–Crippen LogP) is 2.83. The summed E-state index contributed by atoms with van der Waals surface area (Å²) in [6, 6.07) is 3.46. The fourth-order valence-electron chi connectivity index (χ4n) is 6.05. The van der Waals surface area contributed by atoms with Gasteiger partial charge < -0.3 is 29.3 Å². The molecule has 4 aliphatic rings. The number of rotatable bonds is 3. The average Bonchev–Trinajstić information content (AvgIpc) is 3.21. The Morgan fingerprint density at radius 1 is 1.12 bits per heavy atom. The van der Waals surface area contributed by atoms with Crippen LogP contribution in [0.4, 0.5) is 29.5 Å². The first-order valence-corrected chi connectivity index (χ1v) is 13.9. The van der Waals surface area contributed by atoms with Gasteiger partial charge in [0.05, 0.1) is 24.0 Å². The molecular weight excluding hydrogens is 529 g/mol. The maximum Gasteiger partial charge on any atom is 0.434 e. The molecule has 5 heterocycles. The quantitative estimate of drug-likeness (QED) is 0.591. The third-order valence-corrected chi connectivity index (χ3v) is 8.37. The average molecular weight is 567 g/mol. The molecule has 0 radical (unpaired) electrons. The van der Waals surface area contributed by atoms with Gasteiger partial charge in [-0.25, -0.2) is 9.78 Å². The van der Waals surface area contributed by atoms with E-state index in [4.69, 9.17) is 9.47 Å². The van der Waals surface area contributed by atoms with Gasteiger partial charge in [-0.3, -0.25) is 4.90 Å². The van der Waals surface area contributed by atoms with Crippen LogP contribution < -0.4 is 9.80 Å². The number of alkyl halides is 3. The van der Waals surface area contributed by atoms with Gasteiger partial charge in [-0.1, -0.05) is 0 Å². The van der Waals surface area contributed by atoms with E-state index in [1.54, 1.807) is 26.8 Å². The van der Waals surface area contributed by atoms with Gasteiger partial charge in [-0.2, -0.15) is 18.4 Å². The molecule has 4 saturated heterocycles. The monoisotopic (exact) mass is 566 g/mol. The van der Waals surface area contributed by atoms with Crippen LogP contribution in [0.2, 0.25) is 0 Å². The summed E-state index contributed by atoms with van der Waals surface area (Å²) in [6.07, 6.45) is -4.15. The predicted molar refractivity (Wildman–Crippen MR) is 140 cm³/mol. The molecule has 5 rings (SSSR count). The van der Waals surface area contributed by atoms with Crippen LogP contribution in [0, 0.1) is 11.3 Å². The lowest BCUT2D eigenvalue weighted by atomic mass is 9.86. The molecule has 10 nitrogen and oxygen atoms in total. The number of piperazine rings is 1. The number of ether oxygens (including phenoxy) is 2. The Morgan fingerprint density at radius 2 is 1.77 bits per heavy atom. The highest BCUT2D eigenvalue weighted by Gasteiger charge is 2.47. The minimum Gasteiger partial charge on any atom is -0.444 e. The molecule has 13 heteroatoms. The Hall–Kier alpha value is -2.82. The fraction of sp³-hybridized carbons (Fsp3) is 0.741. The molecule has 1 aromatic heterocycles. The number of amides is 1. The second-order valence-corrected chi connectivity index (χ2v) is 12.1. The van der Waals surface area contributed by atoms with Crippen LogP contribution in [-0.4, -0.2) is 108 Å². The smallest absolute Gasteiger partial charge is 0.434 e. The summed E-state index contributed by atoms with van der Waals surface area (Å²) in [5, 5.41) is 20.1. The molecule has 0 aromatic carbocycles. The maximum absolute atomic E-state index is 14.1. The minimum absolute atomic E-state index is 0.106. The van der Waals surface area contributed by atoms with Crippen LogP contribution >= 0.6 is 0 Å². The lowest BCUT2D eigenvalue weighted by molar-refractivity contribution is -0.141. The number of nitrogens with zero attached hydrogens (tertiary/aromatic N) is 6. The molecule has 1 spiro atoms. The van der Waals surface area contributed by atoms with Gasteiger partial charge in [0.15, 0.2) is 5.69 Å². The molecule has 1 unspecified atom stereocenters. The number of halogens is 3. The van der Waals surface area contributed by atoms with Gasteiger partial charge in [-0.15, -0.1) is 0 Å². The standard InChI is InChI=1S/C27H37F3N6O4/c1-25(2,3)40-24(38)35-11-9-33(10-12-35)18-16-36(17-18)20-14-22(32-23(19(20)15-31)27(28,29)30)34-7-5-26(6-8-34)21(37)4-13-39-26/h14,18,21,37H,4-13,16-17H2,1-3H3. The van der Waals surface area contributed by atoms with Crippen molar-refractivity contribution in [2.24, 2.45) is 0 Å². The van der Waals surface area contributed by atoms with E-state index in [-0.39, 0.29) is 23.6 Å². The second kappa shape index (κ2) is 10.5. The topological polar surface area (TPSA) is 105 Å². The van der Waals surface area contributed by atoms with Crippen molar-refractivity contribution in [3.63, 3.8) is 0 Å². The molecule has 4 fully saturated rings. The van der Waals surface area contributed by atoms with Crippen LogP contribution in [0.1, 0.15) is 51.3 Å². The van der Waals surface area contributed by atoms with Crippen molar-refractivity contribution in [3.8, 4) is 6.07 Å². The number of nitriles is 1. The summed E-state index contributed by atoms with van der Waals surface area (Å²) < 4.78 is 53.5. The number of anilines is 2. The number of carbonyl (C=O) groups is 1. The zero-order valence-corrected chi connectivity index (χ0v) is 23.2. The van der Waals surface area contributed by atoms with Crippen molar-refractivity contribution in [2.45, 2.75) is 69.6 Å². The van der Waals surface area contributed by atoms with E-state index in [1.807, 2.05) is 20.8 Å². The summed E-state index contributed by atoms with van der Waals surface area (Å²) in [6.45, 7) is 10.0. The van der Waals surface area contributed by atoms with E-state index in [0.717, 1.165) is 0 Å². The molecule has 1 N–H and O–H groups in total. The number of piperidine rings is 1. The van der Waals surface area contributed by atoms with Gasteiger partial charge in [-0.05, 0) is 40.0 Å². The van der Waals surface area contributed by atoms with E-state index in [9.17, 15) is 28.3 Å². The number of aromatic nitrogens is 1. The summed E-state index contributed by atoms with van der Waals surface area (Å²) >= 11 is 0. The van der Waals surface area contributed by atoms with Crippen LogP contribution in [-0.2, 0) is 15.7 Å². The normalized spacial score (nSPS) is 24.2. The highest BCUT2D eigenvalue weighted by Crippen LogP contribution is 2.41. The zero-order chi connectivity index (χ0) is 28.9. The summed E-state index contributed by atoms with van der Waals surface area (Å²) in [5.74, 6) is 0.179. The molecule has 0 bridgehead atoms. The number of aliphatic hydroxyl groups excluding tert-OH is 1. The lowest BCUT2D eigenvalue weighted by Gasteiger charge is -2.49. The van der Waals surface area contributed by atoms with Gasteiger partial charge in [0.1, 0.15) is 23.1 Å². The van der Waals surface area contributed by atoms with Gasteiger partial charge in [0, 0.05) is 64.5 Å². The van der Waals surface area contributed by atoms with Gasteiger partial charge in [0.2, 0.25) is 0 Å². The van der Waals surface area contributed by atoms with Crippen LogP contribution in [0.3, 0.4) is 0 Å². The molecule has 1 atom stereocenters. The highest BCUT2D eigenvalue weighted by molar-refractivity contribution is 5.69. The van der Waals surface area contributed by atoms with E-state index in [2.05, 4.69) is 9.88 Å². The zero-order valence-electron chi connectivity index (χ0n) is 23.2. The second-order valence-electron chi connectivity index (χ2n) is 12.1. The summed E-state index contributed by atoms with van der Waals surface area (Å²) in [5.41, 5.74) is -2.61. The van der Waals surface area contributed by atoms with Crippen molar-refractivity contribution >= 4 is 17.6 Å². The number of hydrogen-bond donors (Lipinski definition) is 1. The Balaban J connectivity index is 1.27. The number of aliphatic hydroxyl groups is 1. The fourth-order valence-corrected chi connectivity index (χ4v) is 6.05. The number of carbonyl (C=O) groups excluding carboxylic acids is 1. The van der Waals surface area contributed by atoms with E-state index in [0.29, 0.717) is 78.2 Å². The molecule has 40 heavy (non-hydrogen) atoms. The third kappa shape index (κ3) is 5.66. The summed E-state index contributed by atoms with van der Waals surface area (Å²) in [7, 11) is 0. The molecular formula is C27H37F3N6O4. The van der Waals surface area contributed by atoms with Crippen LogP contribution in [0.25, 0.3) is 0 Å². The molecule has 0 aliphatic carbocycles. The van der Waals surface area contributed by atoms with Crippen LogP contribution in [0.5, 0.6) is 0 Å². The van der Waals surface area contributed by atoms with Crippen molar-refractivity contribution in [1.29, 1.82) is 5.26 Å². The molecule has 1 amide bonds. The maximum atomic E-state index is 14.1. The third-order valence-electron chi connectivity index (χ3n) is 8.37. The largest absolute Gasteiger partial charge is 0.444 e. The molecule has 220 valence electrons. The number of hydrogen-bond acceptors (Lipinski definition) is 9. The Bertz CT molecular complexity index is 1140. The van der Waals surface area contributed by atoms with Gasteiger partial charge in [0.25, 0.3) is 0 Å². The molecule has 0 saturated carbocycles. The highest BCUT2D eigenvalue weighted by atomic mass is 19.4. The number of pyridine rings is 1. The molecule has 4 aliphatic heterocycles. The summed E-state index contributed by atoms with van der Waals surface area (Å²) in [4.78, 5) is 23.8. The Morgan fingerprint density at radius 3 is 2.30 bits per heavy atom. The van der Waals surface area contributed by atoms with E-state index >= 15 is 0 Å². The minimum atomic E-state index is -4.78. The Kier molecular flexibility index (Phi) is 7.56.